The first kappa shape index (κ1) is 14.9. The van der Waals surface area contributed by atoms with Gasteiger partial charge >= 0.3 is 0 Å². The number of carbonyl (C=O) groups excluding carboxylic acids is 1. The van der Waals surface area contributed by atoms with Crippen LogP contribution < -0.4 is 11.1 Å². The molecule has 2 unspecified atom stereocenters. The summed E-state index contributed by atoms with van der Waals surface area (Å²) in [5.74, 6) is 1.18. The topological polar surface area (TPSA) is 72.9 Å². The Balaban J connectivity index is 2.00. The third kappa shape index (κ3) is 2.97. The van der Waals surface area contributed by atoms with Gasteiger partial charge in [0.05, 0.1) is 11.4 Å². The number of amides is 1. The Hall–Kier alpha value is -1.52. The smallest absolute Gasteiger partial charge is 0.271 e. The van der Waals surface area contributed by atoms with Gasteiger partial charge in [-0.15, -0.1) is 0 Å². The zero-order chi connectivity index (χ0) is 14.7. The van der Waals surface area contributed by atoms with Crippen molar-refractivity contribution in [3.8, 4) is 0 Å². The van der Waals surface area contributed by atoms with E-state index in [1.807, 2.05) is 6.92 Å². The first-order valence-electron chi connectivity index (χ1n) is 7.64. The molecule has 5 nitrogen and oxygen atoms in total. The van der Waals surface area contributed by atoms with E-state index < -0.39 is 0 Å². The van der Waals surface area contributed by atoms with Gasteiger partial charge in [0.25, 0.3) is 5.91 Å². The predicted octanol–water partition coefficient (Wildman–Crippen LogP) is 2.12. The fraction of sp³-hybridized carbons (Fsp3) is 0.733. The van der Waals surface area contributed by atoms with Crippen molar-refractivity contribution in [1.29, 1.82) is 0 Å². The Labute approximate surface area is 120 Å². The molecule has 0 spiro atoms. The number of aromatic nitrogens is 2. The van der Waals surface area contributed by atoms with Gasteiger partial charge in [0.15, 0.2) is 0 Å². The van der Waals surface area contributed by atoms with Gasteiger partial charge in [0.1, 0.15) is 5.69 Å². The molecular weight excluding hydrogens is 252 g/mol. The summed E-state index contributed by atoms with van der Waals surface area (Å²) in [6, 6.07) is 0. The van der Waals surface area contributed by atoms with Gasteiger partial charge in [-0.2, -0.15) is 5.10 Å². The standard InChI is InChI=1S/C15H26N4O/c1-4-12-13(16)14(19(3)18-12)15(20)17-9-11-8-6-5-7-10(11)2/h10-11H,4-9,16H2,1-3H3,(H,17,20). The lowest BCUT2D eigenvalue weighted by atomic mass is 9.80. The predicted molar refractivity (Wildman–Crippen MR) is 80.5 cm³/mol. The van der Waals surface area contributed by atoms with Crippen LogP contribution in [0.3, 0.4) is 0 Å². The van der Waals surface area contributed by atoms with Crippen LogP contribution >= 0.6 is 0 Å². The number of nitrogens with zero attached hydrogens (tertiary/aromatic N) is 2. The molecule has 3 N–H and O–H groups in total. The third-order valence-corrected chi connectivity index (χ3v) is 4.52. The van der Waals surface area contributed by atoms with Crippen molar-refractivity contribution >= 4 is 11.6 Å². The van der Waals surface area contributed by atoms with Crippen LogP contribution in [0.4, 0.5) is 5.69 Å². The molecule has 2 rings (SSSR count). The van der Waals surface area contributed by atoms with Gasteiger partial charge in [-0.25, -0.2) is 0 Å². The molecule has 1 aromatic heterocycles. The molecule has 0 radical (unpaired) electrons. The number of hydrogen-bond donors (Lipinski definition) is 2. The third-order valence-electron chi connectivity index (χ3n) is 4.52. The average molecular weight is 278 g/mol. The molecule has 1 aliphatic rings. The van der Waals surface area contributed by atoms with Gasteiger partial charge in [0.2, 0.25) is 0 Å². The Morgan fingerprint density at radius 1 is 1.45 bits per heavy atom. The minimum Gasteiger partial charge on any atom is -0.395 e. The lowest BCUT2D eigenvalue weighted by Gasteiger charge is -2.28. The zero-order valence-corrected chi connectivity index (χ0v) is 12.8. The summed E-state index contributed by atoms with van der Waals surface area (Å²) in [4.78, 5) is 12.3. The molecule has 1 heterocycles. The molecule has 1 aliphatic carbocycles. The highest BCUT2D eigenvalue weighted by Gasteiger charge is 2.24. The second-order valence-electron chi connectivity index (χ2n) is 5.92. The molecule has 0 bridgehead atoms. The second kappa shape index (κ2) is 6.29. The highest BCUT2D eigenvalue weighted by molar-refractivity contribution is 5.97. The van der Waals surface area contributed by atoms with Gasteiger partial charge in [-0.1, -0.05) is 33.1 Å². The minimum atomic E-state index is -0.102. The summed E-state index contributed by atoms with van der Waals surface area (Å²) in [5, 5.41) is 7.33. The first-order chi connectivity index (χ1) is 9.54. The number of nitrogens with two attached hydrogens (primary N) is 1. The van der Waals surface area contributed by atoms with Crippen LogP contribution in [0.5, 0.6) is 0 Å². The Bertz CT molecular complexity index is 480. The maximum absolute atomic E-state index is 12.3. The molecule has 0 aromatic carbocycles. The van der Waals surface area contributed by atoms with E-state index in [1.165, 1.54) is 25.7 Å². The molecule has 2 atom stereocenters. The van der Waals surface area contributed by atoms with E-state index in [0.29, 0.717) is 23.2 Å². The van der Waals surface area contributed by atoms with E-state index in [9.17, 15) is 4.79 Å². The summed E-state index contributed by atoms with van der Waals surface area (Å²) in [7, 11) is 1.77. The first-order valence-corrected chi connectivity index (χ1v) is 7.64. The lowest BCUT2D eigenvalue weighted by molar-refractivity contribution is 0.0928. The van der Waals surface area contributed by atoms with Crippen LogP contribution in [0, 0.1) is 11.8 Å². The number of nitrogen functional groups attached to an aromatic ring is 1. The molecule has 0 saturated heterocycles. The van der Waals surface area contributed by atoms with Gasteiger partial charge < -0.3 is 11.1 Å². The monoisotopic (exact) mass is 278 g/mol. The van der Waals surface area contributed by atoms with Crippen LogP contribution in [-0.2, 0) is 13.5 Å². The van der Waals surface area contributed by atoms with E-state index in [4.69, 9.17) is 5.73 Å². The van der Waals surface area contributed by atoms with E-state index in [1.54, 1.807) is 11.7 Å². The Kier molecular flexibility index (Phi) is 4.68. The van der Waals surface area contributed by atoms with Gasteiger partial charge in [-0.05, 0) is 24.7 Å². The van der Waals surface area contributed by atoms with E-state index in [0.717, 1.165) is 18.7 Å². The Morgan fingerprint density at radius 3 is 2.75 bits per heavy atom. The average Bonchev–Trinajstić information content (AvgIpc) is 2.72. The second-order valence-corrected chi connectivity index (χ2v) is 5.92. The molecule has 1 fully saturated rings. The van der Waals surface area contributed by atoms with Crippen molar-refractivity contribution in [3.63, 3.8) is 0 Å². The quantitative estimate of drug-likeness (QED) is 0.886. The number of nitrogens with one attached hydrogen (secondary N) is 1. The van der Waals surface area contributed by atoms with Crippen LogP contribution in [-0.4, -0.2) is 22.2 Å². The van der Waals surface area contributed by atoms with Crippen molar-refractivity contribution in [2.24, 2.45) is 18.9 Å². The molecule has 1 amide bonds. The van der Waals surface area contributed by atoms with E-state index >= 15 is 0 Å². The fourth-order valence-corrected chi connectivity index (χ4v) is 3.13. The van der Waals surface area contributed by atoms with Crippen LogP contribution in [0.25, 0.3) is 0 Å². The van der Waals surface area contributed by atoms with Gasteiger partial charge in [-0.3, -0.25) is 9.48 Å². The largest absolute Gasteiger partial charge is 0.395 e. The highest BCUT2D eigenvalue weighted by atomic mass is 16.2. The van der Waals surface area contributed by atoms with Crippen molar-refractivity contribution in [1.82, 2.24) is 15.1 Å². The molecule has 20 heavy (non-hydrogen) atoms. The number of aryl methyl sites for hydroxylation is 2. The maximum Gasteiger partial charge on any atom is 0.271 e. The van der Waals surface area contributed by atoms with Crippen molar-refractivity contribution in [3.05, 3.63) is 11.4 Å². The van der Waals surface area contributed by atoms with Crippen LogP contribution in [0.2, 0.25) is 0 Å². The molecular formula is C15H26N4O. The molecule has 1 saturated carbocycles. The molecule has 1 aromatic rings. The number of hydrogen-bond acceptors (Lipinski definition) is 3. The summed E-state index contributed by atoms with van der Waals surface area (Å²) < 4.78 is 1.59. The maximum atomic E-state index is 12.3. The summed E-state index contributed by atoms with van der Waals surface area (Å²) in [5.41, 5.74) is 7.81. The van der Waals surface area contributed by atoms with E-state index in [-0.39, 0.29) is 5.91 Å². The van der Waals surface area contributed by atoms with Gasteiger partial charge in [0, 0.05) is 13.6 Å². The Morgan fingerprint density at radius 2 is 2.15 bits per heavy atom. The van der Waals surface area contributed by atoms with Crippen molar-refractivity contribution in [2.75, 3.05) is 12.3 Å². The minimum absolute atomic E-state index is 0.102. The summed E-state index contributed by atoms with van der Waals surface area (Å²) in [6.07, 6.45) is 5.82. The summed E-state index contributed by atoms with van der Waals surface area (Å²) in [6.45, 7) is 5.01. The van der Waals surface area contributed by atoms with E-state index in [2.05, 4.69) is 17.3 Å². The number of rotatable bonds is 4. The zero-order valence-electron chi connectivity index (χ0n) is 12.8. The highest BCUT2D eigenvalue weighted by Crippen LogP contribution is 2.29. The van der Waals surface area contributed by atoms with Crippen molar-refractivity contribution in [2.45, 2.75) is 46.0 Å². The summed E-state index contributed by atoms with van der Waals surface area (Å²) >= 11 is 0. The molecule has 112 valence electrons. The lowest BCUT2D eigenvalue weighted by Crippen LogP contribution is -2.34. The molecule has 5 heteroatoms. The number of carbonyl (C=O) groups is 1. The normalized spacial score (nSPS) is 22.8. The van der Waals surface area contributed by atoms with Crippen LogP contribution in [0.1, 0.15) is 55.7 Å². The SMILES string of the molecule is CCc1nn(C)c(C(=O)NCC2CCCCC2C)c1N. The fourth-order valence-electron chi connectivity index (χ4n) is 3.13. The number of anilines is 1. The molecule has 0 aliphatic heterocycles. The van der Waals surface area contributed by atoms with Crippen molar-refractivity contribution < 1.29 is 4.79 Å². The van der Waals surface area contributed by atoms with Crippen LogP contribution in [0.15, 0.2) is 0 Å².